The van der Waals surface area contributed by atoms with Crippen LogP contribution in [-0.4, -0.2) is 69.9 Å². The summed E-state index contributed by atoms with van der Waals surface area (Å²) in [5, 5.41) is 25.2. The second kappa shape index (κ2) is 11.0. The molecule has 0 aromatic rings. The second-order valence-corrected chi connectivity index (χ2v) is 6.67. The largest absolute Gasteiger partial charge is 0.480 e. The van der Waals surface area contributed by atoms with Crippen LogP contribution in [0, 0.1) is 5.92 Å². The van der Waals surface area contributed by atoms with Gasteiger partial charge in [0.1, 0.15) is 12.1 Å². The summed E-state index contributed by atoms with van der Waals surface area (Å²) in [5.74, 6) is -3.55. The van der Waals surface area contributed by atoms with Gasteiger partial charge in [-0.1, -0.05) is 13.8 Å². The summed E-state index contributed by atoms with van der Waals surface area (Å²) in [7, 11) is 0. The molecule has 150 valence electrons. The van der Waals surface area contributed by atoms with E-state index in [9.17, 15) is 24.3 Å². The van der Waals surface area contributed by atoms with Crippen molar-refractivity contribution in [2.75, 3.05) is 5.75 Å². The van der Waals surface area contributed by atoms with Gasteiger partial charge in [0.25, 0.3) is 0 Å². The molecule has 3 amide bonds. The zero-order valence-electron chi connectivity index (χ0n) is 15.2. The smallest absolute Gasteiger partial charge is 0.328 e. The van der Waals surface area contributed by atoms with E-state index in [0.29, 0.717) is 0 Å². The highest BCUT2D eigenvalue weighted by Gasteiger charge is 2.29. The van der Waals surface area contributed by atoms with E-state index in [1.54, 1.807) is 13.8 Å². The zero-order valence-corrected chi connectivity index (χ0v) is 16.1. The van der Waals surface area contributed by atoms with Crippen molar-refractivity contribution < 1.29 is 29.4 Å². The summed E-state index contributed by atoms with van der Waals surface area (Å²) < 4.78 is 0. The quantitative estimate of drug-likeness (QED) is 0.207. The Morgan fingerprint density at radius 3 is 1.88 bits per heavy atom. The Morgan fingerprint density at radius 2 is 1.50 bits per heavy atom. The average Bonchev–Trinajstić information content (AvgIpc) is 2.54. The molecule has 0 fully saturated rings. The lowest BCUT2D eigenvalue weighted by Crippen LogP contribution is -2.58. The molecule has 0 saturated carbocycles. The fourth-order valence-electron chi connectivity index (χ4n) is 1.81. The van der Waals surface area contributed by atoms with Gasteiger partial charge in [-0.25, -0.2) is 4.79 Å². The molecular weight excluding hydrogens is 364 g/mol. The normalized spacial score (nSPS) is 16.8. The Morgan fingerprint density at radius 1 is 0.962 bits per heavy atom. The van der Waals surface area contributed by atoms with Crippen LogP contribution in [0.15, 0.2) is 0 Å². The average molecular weight is 392 g/mol. The molecule has 11 heteroatoms. The Balaban J connectivity index is 4.82. The lowest BCUT2D eigenvalue weighted by atomic mass is 10.0. The van der Waals surface area contributed by atoms with Crippen LogP contribution >= 0.6 is 12.6 Å². The predicted octanol–water partition coefficient (Wildman–Crippen LogP) is -2.16. The van der Waals surface area contributed by atoms with Gasteiger partial charge in [-0.15, -0.1) is 0 Å². The van der Waals surface area contributed by atoms with E-state index < -0.39 is 54.0 Å². The number of carbonyl (C=O) groups is 4. The third-order valence-electron chi connectivity index (χ3n) is 3.63. The van der Waals surface area contributed by atoms with Crippen LogP contribution < -0.4 is 21.7 Å². The fourth-order valence-corrected chi connectivity index (χ4v) is 2.07. The van der Waals surface area contributed by atoms with Gasteiger partial charge in [-0.3, -0.25) is 14.4 Å². The topological polar surface area (TPSA) is 171 Å². The minimum atomic E-state index is -1.51. The van der Waals surface area contributed by atoms with Crippen molar-refractivity contribution in [3.05, 3.63) is 0 Å². The first-order chi connectivity index (χ1) is 11.9. The SMILES string of the molecule is CC(NC(=O)C(CS)NC(=O)C(N)C(C)C)C(=O)NC(C(=O)O)C(C)O. The third kappa shape index (κ3) is 7.58. The molecule has 26 heavy (non-hydrogen) atoms. The molecule has 5 unspecified atom stereocenters. The van der Waals surface area contributed by atoms with Gasteiger partial charge in [0.2, 0.25) is 17.7 Å². The van der Waals surface area contributed by atoms with E-state index >= 15 is 0 Å². The first-order valence-electron chi connectivity index (χ1n) is 8.10. The van der Waals surface area contributed by atoms with Crippen LogP contribution in [0.5, 0.6) is 0 Å². The van der Waals surface area contributed by atoms with E-state index in [0.717, 1.165) is 0 Å². The molecule has 0 aliphatic rings. The molecule has 0 saturated heterocycles. The van der Waals surface area contributed by atoms with E-state index in [1.807, 2.05) is 0 Å². The highest BCUT2D eigenvalue weighted by atomic mass is 32.1. The molecule has 0 aromatic carbocycles. The van der Waals surface area contributed by atoms with Gasteiger partial charge in [-0.2, -0.15) is 12.6 Å². The van der Waals surface area contributed by atoms with E-state index in [4.69, 9.17) is 10.8 Å². The van der Waals surface area contributed by atoms with Crippen LogP contribution in [0.1, 0.15) is 27.7 Å². The van der Waals surface area contributed by atoms with Crippen molar-refractivity contribution >= 4 is 36.3 Å². The van der Waals surface area contributed by atoms with E-state index in [2.05, 4.69) is 28.6 Å². The van der Waals surface area contributed by atoms with Gasteiger partial charge in [0.05, 0.1) is 12.1 Å². The Bertz CT molecular complexity index is 528. The lowest BCUT2D eigenvalue weighted by molar-refractivity contribution is -0.145. The molecule has 5 atom stereocenters. The third-order valence-corrected chi connectivity index (χ3v) is 4.00. The number of carboxylic acid groups (broad SMARTS) is 1. The summed E-state index contributed by atoms with van der Waals surface area (Å²) >= 11 is 4.01. The predicted molar refractivity (Wildman–Crippen MR) is 97.4 cm³/mol. The number of nitrogens with two attached hydrogens (primary N) is 1. The molecule has 0 aliphatic heterocycles. The summed E-state index contributed by atoms with van der Waals surface area (Å²) in [6.07, 6.45) is -1.32. The number of hydrogen-bond acceptors (Lipinski definition) is 7. The number of nitrogens with one attached hydrogen (secondary N) is 3. The molecular formula is C15H28N4O6S. The number of carboxylic acids is 1. The van der Waals surface area contributed by atoms with Crippen LogP contribution in [0.25, 0.3) is 0 Å². The van der Waals surface area contributed by atoms with Crippen LogP contribution in [0.3, 0.4) is 0 Å². The van der Waals surface area contributed by atoms with Crippen molar-refractivity contribution in [3.63, 3.8) is 0 Å². The number of hydrogen-bond donors (Lipinski definition) is 7. The van der Waals surface area contributed by atoms with Crippen LogP contribution in [0.2, 0.25) is 0 Å². The van der Waals surface area contributed by atoms with Crippen molar-refractivity contribution in [2.45, 2.75) is 58.0 Å². The van der Waals surface area contributed by atoms with Crippen LogP contribution in [-0.2, 0) is 19.2 Å². The first-order valence-corrected chi connectivity index (χ1v) is 8.74. The maximum atomic E-state index is 12.2. The zero-order chi connectivity index (χ0) is 20.6. The van der Waals surface area contributed by atoms with Gasteiger partial charge < -0.3 is 31.9 Å². The Kier molecular flexibility index (Phi) is 10.2. The molecule has 7 N–H and O–H groups in total. The van der Waals surface area contributed by atoms with E-state index in [-0.39, 0.29) is 11.7 Å². The molecule has 10 nitrogen and oxygen atoms in total. The van der Waals surface area contributed by atoms with Crippen LogP contribution in [0.4, 0.5) is 0 Å². The van der Waals surface area contributed by atoms with Gasteiger partial charge in [0, 0.05) is 5.75 Å². The summed E-state index contributed by atoms with van der Waals surface area (Å²) in [4.78, 5) is 47.1. The molecule has 0 rings (SSSR count). The van der Waals surface area contributed by atoms with Crippen molar-refractivity contribution in [1.29, 1.82) is 0 Å². The van der Waals surface area contributed by atoms with Crippen molar-refractivity contribution in [2.24, 2.45) is 11.7 Å². The highest BCUT2D eigenvalue weighted by molar-refractivity contribution is 7.80. The Hall–Kier alpha value is -1.85. The maximum absolute atomic E-state index is 12.2. The van der Waals surface area contributed by atoms with Gasteiger partial charge >= 0.3 is 5.97 Å². The fraction of sp³-hybridized carbons (Fsp3) is 0.733. The standard InChI is InChI=1S/C15H28N4O6S/c1-6(2)10(16)14(23)18-9(5-26)13(22)17-7(3)12(21)19-11(8(4)20)15(24)25/h6-11,20,26H,5,16H2,1-4H3,(H,17,22)(H,18,23)(H,19,21)(H,24,25). The number of aliphatic hydroxyl groups excluding tert-OH is 1. The Labute approximate surface area is 157 Å². The number of amides is 3. The molecule has 0 bridgehead atoms. The number of aliphatic carboxylic acids is 1. The van der Waals surface area contributed by atoms with Gasteiger partial charge in [0.15, 0.2) is 6.04 Å². The van der Waals surface area contributed by atoms with Gasteiger partial charge in [-0.05, 0) is 19.8 Å². The number of aliphatic hydroxyl groups is 1. The van der Waals surface area contributed by atoms with E-state index in [1.165, 1.54) is 13.8 Å². The van der Waals surface area contributed by atoms with Crippen molar-refractivity contribution in [1.82, 2.24) is 16.0 Å². The highest BCUT2D eigenvalue weighted by Crippen LogP contribution is 2.00. The monoisotopic (exact) mass is 392 g/mol. The number of rotatable bonds is 10. The molecule has 0 aliphatic carbocycles. The minimum Gasteiger partial charge on any atom is -0.480 e. The second-order valence-electron chi connectivity index (χ2n) is 6.31. The first kappa shape index (κ1) is 24.1. The molecule has 0 spiro atoms. The molecule has 0 radical (unpaired) electrons. The summed E-state index contributed by atoms with van der Waals surface area (Å²) in [5.41, 5.74) is 5.71. The molecule has 0 aromatic heterocycles. The van der Waals surface area contributed by atoms with Crippen molar-refractivity contribution in [3.8, 4) is 0 Å². The summed E-state index contributed by atoms with van der Waals surface area (Å²) in [6, 6.07) is -4.42. The molecule has 0 heterocycles. The summed E-state index contributed by atoms with van der Waals surface area (Å²) in [6.45, 7) is 6.07. The maximum Gasteiger partial charge on any atom is 0.328 e. The lowest BCUT2D eigenvalue weighted by Gasteiger charge is -2.23. The minimum absolute atomic E-state index is 0.0256. The number of carbonyl (C=O) groups excluding carboxylic acids is 3. The number of thiol groups is 1.